The van der Waals surface area contributed by atoms with Crippen molar-refractivity contribution in [2.24, 2.45) is 5.92 Å². The summed E-state index contributed by atoms with van der Waals surface area (Å²) in [6.07, 6.45) is 4.28. The first-order valence-corrected chi connectivity index (χ1v) is 13.1. The molecule has 1 aliphatic rings. The van der Waals surface area contributed by atoms with Crippen LogP contribution in [0.2, 0.25) is 0 Å². The fraction of sp³-hybridized carbons (Fsp3) is 0.583. The van der Waals surface area contributed by atoms with E-state index >= 15 is 0 Å². The number of unbranched alkanes of at least 4 members (excludes halogenated alkanes) is 1. The lowest BCUT2D eigenvalue weighted by Crippen LogP contribution is -2.41. The highest BCUT2D eigenvalue weighted by Crippen LogP contribution is 2.21. The predicted octanol–water partition coefficient (Wildman–Crippen LogP) is 2.34. The second-order valence-electron chi connectivity index (χ2n) is 8.88. The standard InChI is InChI=1S/C24H34N6O3S/c1-3-5-12-30-21-20(23(32)27-24(30)33)29(4-2)19(26-21)16-28-13-9-17(10-14-28)22(31)25-11-8-18-7-6-15-34-18/h6-7,15,17H,3-5,8-14,16H2,1-2H3,(H,25,31)(H,27,32,33). The van der Waals surface area contributed by atoms with Gasteiger partial charge in [-0.2, -0.15) is 0 Å². The molecule has 10 heteroatoms. The van der Waals surface area contributed by atoms with Gasteiger partial charge in [0.15, 0.2) is 11.2 Å². The van der Waals surface area contributed by atoms with Crippen molar-refractivity contribution in [3.05, 3.63) is 49.1 Å². The lowest BCUT2D eigenvalue weighted by Gasteiger charge is -2.31. The Hall–Kier alpha value is -2.72. The monoisotopic (exact) mass is 486 g/mol. The van der Waals surface area contributed by atoms with Gasteiger partial charge in [-0.3, -0.25) is 24.0 Å². The molecule has 3 aromatic heterocycles. The predicted molar refractivity (Wildman–Crippen MR) is 134 cm³/mol. The van der Waals surface area contributed by atoms with Crippen LogP contribution in [0, 0.1) is 5.92 Å². The van der Waals surface area contributed by atoms with Gasteiger partial charge in [0, 0.05) is 30.4 Å². The number of carbonyl (C=O) groups excluding carboxylic acids is 1. The van der Waals surface area contributed by atoms with Crippen LogP contribution >= 0.6 is 11.3 Å². The molecule has 1 amide bonds. The number of piperidine rings is 1. The smallest absolute Gasteiger partial charge is 0.330 e. The van der Waals surface area contributed by atoms with Gasteiger partial charge >= 0.3 is 5.69 Å². The summed E-state index contributed by atoms with van der Waals surface area (Å²) >= 11 is 1.72. The third kappa shape index (κ3) is 5.33. The molecule has 0 aliphatic carbocycles. The third-order valence-corrected chi connectivity index (χ3v) is 7.53. The van der Waals surface area contributed by atoms with Crippen molar-refractivity contribution in [3.8, 4) is 0 Å². The van der Waals surface area contributed by atoms with Crippen LogP contribution in [0.15, 0.2) is 27.1 Å². The van der Waals surface area contributed by atoms with E-state index in [0.717, 1.165) is 51.0 Å². The first kappa shape index (κ1) is 24.4. The average Bonchev–Trinajstić information content (AvgIpc) is 3.47. The summed E-state index contributed by atoms with van der Waals surface area (Å²) in [5, 5.41) is 5.14. The second kappa shape index (κ2) is 11.1. The molecule has 4 heterocycles. The number of hydrogen-bond acceptors (Lipinski definition) is 6. The van der Waals surface area contributed by atoms with Gasteiger partial charge in [-0.05, 0) is 57.1 Å². The van der Waals surface area contributed by atoms with E-state index in [-0.39, 0.29) is 17.4 Å². The third-order valence-electron chi connectivity index (χ3n) is 6.59. The van der Waals surface area contributed by atoms with Crippen LogP contribution in [0.1, 0.15) is 50.2 Å². The molecule has 9 nitrogen and oxygen atoms in total. The van der Waals surface area contributed by atoms with E-state index in [1.807, 2.05) is 17.6 Å². The number of carbonyl (C=O) groups is 1. The van der Waals surface area contributed by atoms with Gasteiger partial charge in [-0.1, -0.05) is 19.4 Å². The first-order chi connectivity index (χ1) is 16.5. The summed E-state index contributed by atoms with van der Waals surface area (Å²) < 4.78 is 3.50. The molecule has 1 fully saturated rings. The summed E-state index contributed by atoms with van der Waals surface area (Å²) in [6, 6.07) is 4.13. The van der Waals surface area contributed by atoms with Gasteiger partial charge < -0.3 is 9.88 Å². The molecule has 184 valence electrons. The number of amides is 1. The topological polar surface area (TPSA) is 105 Å². The van der Waals surface area contributed by atoms with Crippen LogP contribution in [0.3, 0.4) is 0 Å². The zero-order valence-corrected chi connectivity index (χ0v) is 20.8. The Bertz CT molecular complexity index is 1220. The van der Waals surface area contributed by atoms with Crippen LogP contribution in [-0.2, 0) is 30.8 Å². The number of H-pyrrole nitrogens is 1. The summed E-state index contributed by atoms with van der Waals surface area (Å²) in [7, 11) is 0. The molecule has 0 unspecified atom stereocenters. The Morgan fingerprint density at radius 2 is 2.03 bits per heavy atom. The van der Waals surface area contributed by atoms with Crippen molar-refractivity contribution < 1.29 is 4.79 Å². The van der Waals surface area contributed by atoms with E-state index in [4.69, 9.17) is 4.98 Å². The van der Waals surface area contributed by atoms with Crippen molar-refractivity contribution in [1.82, 2.24) is 29.3 Å². The number of nitrogens with zero attached hydrogens (tertiary/aromatic N) is 4. The van der Waals surface area contributed by atoms with Crippen molar-refractivity contribution >= 4 is 28.4 Å². The molecule has 4 rings (SSSR count). The summed E-state index contributed by atoms with van der Waals surface area (Å²) in [5.41, 5.74) is 0.155. The quantitative estimate of drug-likeness (QED) is 0.458. The Kier molecular flexibility index (Phi) is 7.99. The maximum Gasteiger partial charge on any atom is 0.330 e. The normalized spacial score (nSPS) is 15.2. The van der Waals surface area contributed by atoms with Gasteiger partial charge in [-0.25, -0.2) is 9.78 Å². The van der Waals surface area contributed by atoms with Gasteiger partial charge in [0.25, 0.3) is 5.56 Å². The summed E-state index contributed by atoms with van der Waals surface area (Å²) in [6.45, 7) is 8.06. The zero-order valence-electron chi connectivity index (χ0n) is 20.0. The number of likely N-dealkylation sites (tertiary alicyclic amines) is 1. The minimum absolute atomic E-state index is 0.0339. The fourth-order valence-electron chi connectivity index (χ4n) is 4.66. The van der Waals surface area contributed by atoms with E-state index < -0.39 is 5.69 Å². The molecule has 0 atom stereocenters. The van der Waals surface area contributed by atoms with E-state index in [9.17, 15) is 14.4 Å². The van der Waals surface area contributed by atoms with E-state index in [2.05, 4.69) is 33.6 Å². The molecule has 0 saturated carbocycles. The van der Waals surface area contributed by atoms with Crippen LogP contribution in [-0.4, -0.2) is 49.5 Å². The lowest BCUT2D eigenvalue weighted by molar-refractivity contribution is -0.126. The molecule has 0 aromatic carbocycles. The van der Waals surface area contributed by atoms with Crippen molar-refractivity contribution in [2.75, 3.05) is 19.6 Å². The number of fused-ring (bicyclic) bond motifs is 1. The maximum absolute atomic E-state index is 12.6. The van der Waals surface area contributed by atoms with Crippen LogP contribution in [0.5, 0.6) is 0 Å². The number of aromatic nitrogens is 4. The number of thiophene rings is 1. The molecule has 3 aromatic rings. The molecule has 0 bridgehead atoms. The van der Waals surface area contributed by atoms with Crippen LogP contribution in [0.4, 0.5) is 0 Å². The Labute approximate surface area is 202 Å². The zero-order chi connectivity index (χ0) is 24.1. The van der Waals surface area contributed by atoms with Gasteiger partial charge in [-0.15, -0.1) is 11.3 Å². The molecular weight excluding hydrogens is 452 g/mol. The largest absolute Gasteiger partial charge is 0.355 e. The summed E-state index contributed by atoms with van der Waals surface area (Å²) in [5.74, 6) is 0.966. The van der Waals surface area contributed by atoms with Crippen molar-refractivity contribution in [1.29, 1.82) is 0 Å². The Morgan fingerprint density at radius 3 is 2.71 bits per heavy atom. The number of aryl methyl sites for hydroxylation is 2. The second-order valence-corrected chi connectivity index (χ2v) is 9.91. The molecule has 34 heavy (non-hydrogen) atoms. The minimum Gasteiger partial charge on any atom is -0.355 e. The highest BCUT2D eigenvalue weighted by atomic mass is 32.1. The molecule has 1 saturated heterocycles. The first-order valence-electron chi connectivity index (χ1n) is 12.3. The molecule has 0 radical (unpaired) electrons. The highest BCUT2D eigenvalue weighted by molar-refractivity contribution is 7.09. The SMILES string of the molecule is CCCCn1c(=O)[nH]c(=O)c2c1nc(CN1CCC(C(=O)NCCc3cccs3)CC1)n2CC. The van der Waals surface area contributed by atoms with Crippen molar-refractivity contribution in [3.63, 3.8) is 0 Å². The van der Waals surface area contributed by atoms with Gasteiger partial charge in [0.2, 0.25) is 5.91 Å². The average molecular weight is 487 g/mol. The minimum atomic E-state index is -0.399. The number of aromatic amines is 1. The number of hydrogen-bond donors (Lipinski definition) is 2. The number of rotatable bonds is 10. The fourth-order valence-corrected chi connectivity index (χ4v) is 5.37. The van der Waals surface area contributed by atoms with E-state index in [1.54, 1.807) is 15.9 Å². The molecule has 2 N–H and O–H groups in total. The maximum atomic E-state index is 12.6. The van der Waals surface area contributed by atoms with Gasteiger partial charge in [0.1, 0.15) is 5.82 Å². The number of nitrogens with one attached hydrogen (secondary N) is 2. The van der Waals surface area contributed by atoms with Crippen molar-refractivity contribution in [2.45, 2.75) is 65.6 Å². The van der Waals surface area contributed by atoms with Crippen LogP contribution in [0.25, 0.3) is 11.2 Å². The Balaban J connectivity index is 1.40. The molecular formula is C24H34N6O3S. The Morgan fingerprint density at radius 1 is 1.24 bits per heavy atom. The highest BCUT2D eigenvalue weighted by Gasteiger charge is 2.26. The van der Waals surface area contributed by atoms with Gasteiger partial charge in [0.05, 0.1) is 6.54 Å². The molecule has 0 spiro atoms. The number of imidazole rings is 1. The lowest BCUT2D eigenvalue weighted by atomic mass is 9.96. The van der Waals surface area contributed by atoms with E-state index in [0.29, 0.717) is 37.3 Å². The molecule has 1 aliphatic heterocycles. The van der Waals surface area contributed by atoms with E-state index in [1.165, 1.54) is 4.88 Å². The van der Waals surface area contributed by atoms with Crippen LogP contribution < -0.4 is 16.6 Å². The summed E-state index contributed by atoms with van der Waals surface area (Å²) in [4.78, 5) is 48.4.